The summed E-state index contributed by atoms with van der Waals surface area (Å²) in [5.74, 6) is 2.96. The zero-order valence-corrected chi connectivity index (χ0v) is 13.8. The average molecular weight is 315 g/mol. The molecular weight excluding hydrogens is 294 g/mol. The van der Waals surface area contributed by atoms with E-state index in [1.165, 1.54) is 0 Å². The Kier molecular flexibility index (Phi) is 4.09. The summed E-state index contributed by atoms with van der Waals surface area (Å²) < 4.78 is 10.9. The van der Waals surface area contributed by atoms with Crippen molar-refractivity contribution in [1.82, 2.24) is 9.97 Å². The van der Waals surface area contributed by atoms with Crippen LogP contribution in [0.5, 0.6) is 11.5 Å². The van der Waals surface area contributed by atoms with E-state index in [9.17, 15) is 5.11 Å². The summed E-state index contributed by atoms with van der Waals surface area (Å²) in [5, 5.41) is 10.6. The fourth-order valence-corrected chi connectivity index (χ4v) is 3.11. The SMILES string of the molecule is COc1ccc(OC)c2c1CN(c1cc(C)nc(C)n1)C[C@@H]2O. The predicted molar refractivity (Wildman–Crippen MR) is 87.1 cm³/mol. The number of β-amino-alcohol motifs (C(OH)–C–C–N with tert-alkyl or cyclic N) is 1. The summed E-state index contributed by atoms with van der Waals surface area (Å²) in [5.41, 5.74) is 2.63. The highest BCUT2D eigenvalue weighted by molar-refractivity contribution is 5.55. The second-order valence-electron chi connectivity index (χ2n) is 5.67. The number of aliphatic hydroxyl groups excluding tert-OH is 1. The van der Waals surface area contributed by atoms with Crippen LogP contribution in [0.25, 0.3) is 0 Å². The Morgan fingerprint density at radius 1 is 1.13 bits per heavy atom. The highest BCUT2D eigenvalue weighted by Gasteiger charge is 2.30. The Bertz CT molecular complexity index is 713. The van der Waals surface area contributed by atoms with E-state index >= 15 is 0 Å². The van der Waals surface area contributed by atoms with Crippen LogP contribution in [0.4, 0.5) is 5.82 Å². The van der Waals surface area contributed by atoms with Gasteiger partial charge in [0, 0.05) is 29.4 Å². The number of aryl methyl sites for hydroxylation is 2. The van der Waals surface area contributed by atoms with Crippen LogP contribution in [-0.2, 0) is 6.54 Å². The molecule has 0 bridgehead atoms. The largest absolute Gasteiger partial charge is 0.496 e. The van der Waals surface area contributed by atoms with Gasteiger partial charge in [-0.05, 0) is 26.0 Å². The first-order chi connectivity index (χ1) is 11.0. The van der Waals surface area contributed by atoms with Crippen LogP contribution in [-0.4, -0.2) is 35.8 Å². The Balaban J connectivity index is 2.06. The van der Waals surface area contributed by atoms with Crippen molar-refractivity contribution in [3.05, 3.63) is 40.8 Å². The van der Waals surface area contributed by atoms with Gasteiger partial charge in [0.25, 0.3) is 0 Å². The number of aliphatic hydroxyl groups is 1. The summed E-state index contributed by atoms with van der Waals surface area (Å²) >= 11 is 0. The zero-order valence-electron chi connectivity index (χ0n) is 13.8. The number of hydrogen-bond acceptors (Lipinski definition) is 6. The van der Waals surface area contributed by atoms with E-state index in [1.54, 1.807) is 14.2 Å². The summed E-state index contributed by atoms with van der Waals surface area (Å²) in [7, 11) is 3.24. The van der Waals surface area contributed by atoms with E-state index in [4.69, 9.17) is 9.47 Å². The van der Waals surface area contributed by atoms with E-state index < -0.39 is 6.10 Å². The minimum atomic E-state index is -0.667. The lowest BCUT2D eigenvalue weighted by Crippen LogP contribution is -2.35. The molecule has 0 saturated heterocycles. The summed E-state index contributed by atoms with van der Waals surface area (Å²) in [6.45, 7) is 4.86. The molecule has 1 aliphatic rings. The van der Waals surface area contributed by atoms with Gasteiger partial charge in [-0.25, -0.2) is 9.97 Å². The molecule has 2 heterocycles. The highest BCUT2D eigenvalue weighted by Crippen LogP contribution is 2.40. The Morgan fingerprint density at radius 2 is 1.83 bits per heavy atom. The van der Waals surface area contributed by atoms with Crippen molar-refractivity contribution >= 4 is 5.82 Å². The molecule has 1 aromatic carbocycles. The third kappa shape index (κ3) is 2.82. The minimum Gasteiger partial charge on any atom is -0.496 e. The first-order valence-electron chi connectivity index (χ1n) is 7.52. The Hall–Kier alpha value is -2.34. The maximum atomic E-state index is 10.6. The topological polar surface area (TPSA) is 67.7 Å². The number of rotatable bonds is 3. The number of aromatic nitrogens is 2. The molecule has 0 amide bonds. The summed E-state index contributed by atoms with van der Waals surface area (Å²) in [6.07, 6.45) is -0.667. The molecule has 2 aromatic rings. The molecule has 1 N–H and O–H groups in total. The summed E-state index contributed by atoms with van der Waals surface area (Å²) in [4.78, 5) is 10.8. The van der Waals surface area contributed by atoms with Crippen LogP contribution in [0.2, 0.25) is 0 Å². The molecule has 1 aromatic heterocycles. The number of benzene rings is 1. The van der Waals surface area contributed by atoms with Crippen LogP contribution in [0.3, 0.4) is 0 Å². The molecule has 0 aliphatic carbocycles. The lowest BCUT2D eigenvalue weighted by atomic mass is 9.95. The van der Waals surface area contributed by atoms with Crippen LogP contribution < -0.4 is 14.4 Å². The van der Waals surface area contributed by atoms with Crippen LogP contribution in [0.1, 0.15) is 28.7 Å². The first kappa shape index (κ1) is 15.6. The second kappa shape index (κ2) is 6.04. The fraction of sp³-hybridized carbons (Fsp3) is 0.412. The molecule has 3 rings (SSSR count). The molecule has 23 heavy (non-hydrogen) atoms. The van der Waals surface area contributed by atoms with Gasteiger partial charge >= 0.3 is 0 Å². The van der Waals surface area contributed by atoms with Gasteiger partial charge in [0.05, 0.1) is 20.8 Å². The van der Waals surface area contributed by atoms with Crippen molar-refractivity contribution in [3.8, 4) is 11.5 Å². The van der Waals surface area contributed by atoms with Crippen LogP contribution in [0, 0.1) is 13.8 Å². The average Bonchev–Trinajstić information content (AvgIpc) is 2.52. The van der Waals surface area contributed by atoms with E-state index in [-0.39, 0.29) is 0 Å². The molecule has 122 valence electrons. The van der Waals surface area contributed by atoms with E-state index in [0.29, 0.717) is 18.8 Å². The van der Waals surface area contributed by atoms with Crippen molar-refractivity contribution in [2.24, 2.45) is 0 Å². The fourth-order valence-electron chi connectivity index (χ4n) is 3.11. The van der Waals surface area contributed by atoms with Crippen molar-refractivity contribution < 1.29 is 14.6 Å². The molecule has 0 spiro atoms. The third-order valence-corrected chi connectivity index (χ3v) is 4.07. The third-order valence-electron chi connectivity index (χ3n) is 4.07. The molecule has 0 fully saturated rings. The maximum Gasteiger partial charge on any atom is 0.132 e. The van der Waals surface area contributed by atoms with Gasteiger partial charge in [0.15, 0.2) is 0 Å². The smallest absolute Gasteiger partial charge is 0.132 e. The molecule has 6 nitrogen and oxygen atoms in total. The van der Waals surface area contributed by atoms with Crippen molar-refractivity contribution in [3.63, 3.8) is 0 Å². The number of nitrogens with zero attached hydrogens (tertiary/aromatic N) is 3. The highest BCUT2D eigenvalue weighted by atomic mass is 16.5. The Morgan fingerprint density at radius 3 is 2.48 bits per heavy atom. The zero-order chi connectivity index (χ0) is 16.6. The van der Waals surface area contributed by atoms with Gasteiger partial charge in [-0.15, -0.1) is 0 Å². The molecule has 1 atom stereocenters. The molecule has 0 unspecified atom stereocenters. The number of methoxy groups -OCH3 is 2. The second-order valence-corrected chi connectivity index (χ2v) is 5.67. The van der Waals surface area contributed by atoms with Crippen molar-refractivity contribution in [2.75, 3.05) is 25.7 Å². The maximum absolute atomic E-state index is 10.6. The van der Waals surface area contributed by atoms with Gasteiger partial charge in [0.2, 0.25) is 0 Å². The molecule has 6 heteroatoms. The van der Waals surface area contributed by atoms with Crippen molar-refractivity contribution in [1.29, 1.82) is 0 Å². The predicted octanol–water partition coefficient (Wildman–Crippen LogP) is 2.16. The number of fused-ring (bicyclic) bond motifs is 1. The monoisotopic (exact) mass is 315 g/mol. The number of anilines is 1. The number of hydrogen-bond donors (Lipinski definition) is 1. The molecule has 1 aliphatic heterocycles. The normalized spacial score (nSPS) is 16.9. The molecule has 0 saturated carbocycles. The van der Waals surface area contributed by atoms with Gasteiger partial charge in [-0.2, -0.15) is 0 Å². The van der Waals surface area contributed by atoms with Crippen LogP contribution >= 0.6 is 0 Å². The minimum absolute atomic E-state index is 0.451. The quantitative estimate of drug-likeness (QED) is 0.936. The van der Waals surface area contributed by atoms with Gasteiger partial charge in [0.1, 0.15) is 29.2 Å². The van der Waals surface area contributed by atoms with Crippen LogP contribution in [0.15, 0.2) is 18.2 Å². The van der Waals surface area contributed by atoms with Crippen molar-refractivity contribution in [2.45, 2.75) is 26.5 Å². The molecule has 0 radical (unpaired) electrons. The summed E-state index contributed by atoms with van der Waals surface area (Å²) in [6, 6.07) is 5.62. The van der Waals surface area contributed by atoms with E-state index in [2.05, 4.69) is 9.97 Å². The lowest BCUT2D eigenvalue weighted by Gasteiger charge is -2.34. The van der Waals surface area contributed by atoms with E-state index in [1.807, 2.05) is 36.9 Å². The van der Waals surface area contributed by atoms with E-state index in [0.717, 1.165) is 34.2 Å². The van der Waals surface area contributed by atoms with Gasteiger partial charge in [-0.3, -0.25) is 0 Å². The van der Waals surface area contributed by atoms with Gasteiger partial charge in [-0.1, -0.05) is 0 Å². The standard InChI is InChI=1S/C17H21N3O3/c1-10-7-16(19-11(2)18-10)20-8-12-14(22-3)5-6-15(23-4)17(12)13(21)9-20/h5-7,13,21H,8-9H2,1-4H3/t13-/m0/s1. The van der Waals surface area contributed by atoms with Gasteiger partial charge < -0.3 is 19.5 Å². The molecular formula is C17H21N3O3. The number of ether oxygens (including phenoxy) is 2. The lowest BCUT2D eigenvalue weighted by molar-refractivity contribution is 0.169. The first-order valence-corrected chi connectivity index (χ1v) is 7.52. The Labute approximate surface area is 135 Å².